The number of aliphatic carboxylic acids is 1. The first-order valence-corrected chi connectivity index (χ1v) is 14.6. The maximum atomic E-state index is 11.3. The number of carbonyl (C=O) groups is 1. The molecule has 2 unspecified atom stereocenters. The normalized spacial score (nSPS) is 20.5. The summed E-state index contributed by atoms with van der Waals surface area (Å²) in [6.45, 7) is 1.69. The van der Waals surface area contributed by atoms with Gasteiger partial charge in [0.05, 0.1) is 12.0 Å². The smallest absolute Gasteiger partial charge is 0.307 e. The zero-order valence-electron chi connectivity index (χ0n) is 22.0. The molecule has 0 radical (unpaired) electrons. The molecule has 2 aliphatic rings. The van der Waals surface area contributed by atoms with Gasteiger partial charge in [-0.2, -0.15) is 4.98 Å². The van der Waals surface area contributed by atoms with Crippen molar-refractivity contribution in [2.45, 2.75) is 69.3 Å². The minimum atomic E-state index is -0.763. The number of carboxylic acid groups (broad SMARTS) is 1. The van der Waals surface area contributed by atoms with Gasteiger partial charge >= 0.3 is 5.97 Å². The van der Waals surface area contributed by atoms with E-state index in [1.807, 2.05) is 41.3 Å². The van der Waals surface area contributed by atoms with Crippen LogP contribution in [-0.4, -0.2) is 50.9 Å². The average molecular weight is 573 g/mol. The van der Waals surface area contributed by atoms with Gasteiger partial charge in [0.1, 0.15) is 0 Å². The highest BCUT2D eigenvalue weighted by molar-refractivity contribution is 6.34. The highest BCUT2D eigenvalue weighted by Crippen LogP contribution is 2.44. The first-order valence-electron chi connectivity index (χ1n) is 13.8. The number of benzene rings is 2. The second kappa shape index (κ2) is 12.4. The third-order valence-electron chi connectivity index (χ3n) is 8.41. The van der Waals surface area contributed by atoms with E-state index in [-0.39, 0.29) is 11.3 Å². The lowest BCUT2D eigenvalue weighted by Crippen LogP contribution is -2.40. The second-order valence-electron chi connectivity index (χ2n) is 11.1. The average Bonchev–Trinajstić information content (AvgIpc) is 3.41. The summed E-state index contributed by atoms with van der Waals surface area (Å²) in [6, 6.07) is 13.4. The molecule has 0 bridgehead atoms. The van der Waals surface area contributed by atoms with E-state index in [0.29, 0.717) is 47.7 Å². The number of aryl methyl sites for hydroxylation is 1. The Morgan fingerprint density at radius 1 is 1.08 bits per heavy atom. The third-order valence-corrected chi connectivity index (χ3v) is 8.85. The van der Waals surface area contributed by atoms with Crippen molar-refractivity contribution < 1.29 is 19.5 Å². The predicted octanol–water partition coefficient (Wildman–Crippen LogP) is 6.71. The Morgan fingerprint density at radius 3 is 2.49 bits per heavy atom. The van der Waals surface area contributed by atoms with Crippen LogP contribution in [0.25, 0.3) is 11.4 Å². The number of piperidine rings is 1. The Hall–Kier alpha value is -2.45. The van der Waals surface area contributed by atoms with Gasteiger partial charge in [-0.3, -0.25) is 9.69 Å². The number of hydrogen-bond donors (Lipinski definition) is 2. The van der Waals surface area contributed by atoms with Crippen molar-refractivity contribution >= 4 is 29.2 Å². The van der Waals surface area contributed by atoms with E-state index in [0.717, 1.165) is 43.4 Å². The summed E-state index contributed by atoms with van der Waals surface area (Å²) in [5.74, 6) is -0.00187. The lowest BCUT2D eigenvalue weighted by Gasteiger charge is -2.38. The number of halogens is 2. The maximum absolute atomic E-state index is 11.3. The molecule has 3 aromatic rings. The van der Waals surface area contributed by atoms with Gasteiger partial charge in [0.15, 0.2) is 0 Å². The van der Waals surface area contributed by atoms with Gasteiger partial charge in [-0.1, -0.05) is 71.9 Å². The molecule has 2 aromatic carbocycles. The lowest BCUT2D eigenvalue weighted by atomic mass is 9.67. The van der Waals surface area contributed by atoms with E-state index in [1.165, 1.54) is 24.8 Å². The van der Waals surface area contributed by atoms with Gasteiger partial charge in [-0.15, -0.1) is 0 Å². The topological polar surface area (TPSA) is 99.7 Å². The number of likely N-dealkylation sites (tertiary alicyclic amines) is 1. The number of carboxylic acids is 1. The SMILES string of the molecule is O=C(O)C1CCCN(CC(O)c2ccc(-c3noc(CCC4(c5cc(Cl)cc(Cl)c5)CCCCC4)n3)cc2)C1. The molecule has 39 heavy (non-hydrogen) atoms. The standard InChI is InChI=1S/C30H35Cl2N3O4/c31-24-15-23(16-25(32)17-24)30(11-2-1-3-12-30)13-10-27-33-28(34-39-27)21-8-6-20(7-9-21)26(36)19-35-14-4-5-22(18-35)29(37)38/h6-9,15-17,22,26,36H,1-5,10-14,18-19H2,(H,37,38). The van der Waals surface area contributed by atoms with Crippen molar-refractivity contribution in [3.63, 3.8) is 0 Å². The van der Waals surface area contributed by atoms with Crippen molar-refractivity contribution in [1.29, 1.82) is 0 Å². The molecular weight excluding hydrogens is 537 g/mol. The summed E-state index contributed by atoms with van der Waals surface area (Å²) in [6.07, 6.45) is 8.15. The first-order chi connectivity index (χ1) is 18.8. The van der Waals surface area contributed by atoms with E-state index in [2.05, 4.69) is 10.1 Å². The molecule has 0 spiro atoms. The van der Waals surface area contributed by atoms with Crippen molar-refractivity contribution in [2.75, 3.05) is 19.6 Å². The summed E-state index contributed by atoms with van der Waals surface area (Å²) in [7, 11) is 0. The van der Waals surface area contributed by atoms with Crippen LogP contribution in [-0.2, 0) is 16.6 Å². The van der Waals surface area contributed by atoms with Crippen LogP contribution >= 0.6 is 23.2 Å². The number of β-amino-alcohol motifs (C(OH)–C–C–N with tert-alkyl or cyclic N) is 1. The van der Waals surface area contributed by atoms with Crippen molar-refractivity contribution in [1.82, 2.24) is 15.0 Å². The summed E-state index contributed by atoms with van der Waals surface area (Å²) in [4.78, 5) is 18.0. The molecule has 2 atom stereocenters. The molecule has 208 valence electrons. The minimum absolute atomic E-state index is 0.00193. The minimum Gasteiger partial charge on any atom is -0.481 e. The lowest BCUT2D eigenvalue weighted by molar-refractivity contribution is -0.143. The van der Waals surface area contributed by atoms with Gasteiger partial charge in [0.25, 0.3) is 0 Å². The second-order valence-corrected chi connectivity index (χ2v) is 12.0. The fourth-order valence-corrected chi connectivity index (χ4v) is 6.74. The molecule has 1 aliphatic carbocycles. The van der Waals surface area contributed by atoms with Crippen LogP contribution in [0.15, 0.2) is 47.0 Å². The van der Waals surface area contributed by atoms with Crippen molar-refractivity contribution in [3.8, 4) is 11.4 Å². The molecule has 2 heterocycles. The van der Waals surface area contributed by atoms with Gasteiger partial charge in [0.2, 0.25) is 11.7 Å². The zero-order chi connectivity index (χ0) is 27.4. The highest BCUT2D eigenvalue weighted by atomic mass is 35.5. The van der Waals surface area contributed by atoms with Gasteiger partial charge in [0, 0.05) is 35.1 Å². The Bertz CT molecular complexity index is 1250. The van der Waals surface area contributed by atoms with Gasteiger partial charge in [-0.05, 0) is 73.4 Å². The molecule has 1 aliphatic heterocycles. The highest BCUT2D eigenvalue weighted by Gasteiger charge is 2.34. The van der Waals surface area contributed by atoms with Crippen LogP contribution in [0.4, 0.5) is 0 Å². The van der Waals surface area contributed by atoms with Crippen LogP contribution in [0.1, 0.15) is 74.5 Å². The molecule has 2 fully saturated rings. The van der Waals surface area contributed by atoms with Crippen LogP contribution < -0.4 is 0 Å². The fraction of sp³-hybridized carbons (Fsp3) is 0.500. The van der Waals surface area contributed by atoms with E-state index >= 15 is 0 Å². The monoisotopic (exact) mass is 571 g/mol. The number of rotatable bonds is 9. The van der Waals surface area contributed by atoms with Crippen LogP contribution in [0.2, 0.25) is 10.0 Å². The molecule has 1 saturated carbocycles. The number of hydrogen-bond acceptors (Lipinski definition) is 6. The summed E-state index contributed by atoms with van der Waals surface area (Å²) < 4.78 is 5.63. The molecule has 1 saturated heterocycles. The molecule has 7 nitrogen and oxygen atoms in total. The van der Waals surface area contributed by atoms with E-state index in [1.54, 1.807) is 6.07 Å². The van der Waals surface area contributed by atoms with Crippen molar-refractivity contribution in [2.24, 2.45) is 5.92 Å². The predicted molar refractivity (Wildman–Crippen MR) is 151 cm³/mol. The van der Waals surface area contributed by atoms with E-state index in [4.69, 9.17) is 27.7 Å². The quantitative estimate of drug-likeness (QED) is 0.294. The molecule has 5 rings (SSSR count). The Balaban J connectivity index is 1.22. The van der Waals surface area contributed by atoms with Gasteiger partial charge < -0.3 is 14.7 Å². The number of aliphatic hydroxyl groups is 1. The molecular formula is C30H35Cl2N3O4. The zero-order valence-corrected chi connectivity index (χ0v) is 23.5. The number of nitrogens with zero attached hydrogens (tertiary/aromatic N) is 3. The first kappa shape index (κ1) is 28.1. The summed E-state index contributed by atoms with van der Waals surface area (Å²) >= 11 is 12.7. The van der Waals surface area contributed by atoms with Crippen molar-refractivity contribution in [3.05, 3.63) is 69.5 Å². The number of aliphatic hydroxyl groups excluding tert-OH is 1. The fourth-order valence-electron chi connectivity index (χ4n) is 6.22. The summed E-state index contributed by atoms with van der Waals surface area (Å²) in [5.41, 5.74) is 2.78. The molecule has 1 aromatic heterocycles. The largest absolute Gasteiger partial charge is 0.481 e. The summed E-state index contributed by atoms with van der Waals surface area (Å²) in [5, 5.41) is 25.6. The van der Waals surface area contributed by atoms with Crippen LogP contribution in [0.5, 0.6) is 0 Å². The van der Waals surface area contributed by atoms with Crippen LogP contribution in [0, 0.1) is 5.92 Å². The van der Waals surface area contributed by atoms with Gasteiger partial charge in [-0.25, -0.2) is 0 Å². The third kappa shape index (κ3) is 6.83. The number of aromatic nitrogens is 2. The Labute approximate surface area is 239 Å². The molecule has 0 amide bonds. The van der Waals surface area contributed by atoms with E-state index in [9.17, 15) is 15.0 Å². The van der Waals surface area contributed by atoms with Crippen LogP contribution in [0.3, 0.4) is 0 Å². The Morgan fingerprint density at radius 2 is 1.79 bits per heavy atom. The van der Waals surface area contributed by atoms with E-state index < -0.39 is 12.1 Å². The molecule has 2 N–H and O–H groups in total. The Kier molecular flexibility index (Phi) is 8.92. The maximum Gasteiger partial charge on any atom is 0.307 e. The molecule has 9 heteroatoms.